The second-order valence-electron chi connectivity index (χ2n) is 4.82. The van der Waals surface area contributed by atoms with E-state index < -0.39 is 17.5 Å². The number of aliphatic hydroxyl groups excluding tert-OH is 1. The summed E-state index contributed by atoms with van der Waals surface area (Å²) in [5, 5.41) is 11.9. The summed E-state index contributed by atoms with van der Waals surface area (Å²) < 4.78 is 10.3. The summed E-state index contributed by atoms with van der Waals surface area (Å²) in [5.74, 6) is 0.301. The number of aromatic amines is 1. The highest BCUT2D eigenvalue weighted by Crippen LogP contribution is 2.16. The molecule has 3 rings (SSSR count). The Morgan fingerprint density at radius 1 is 1.17 bits per heavy atom. The van der Waals surface area contributed by atoms with Crippen molar-refractivity contribution >= 4 is 5.91 Å². The average Bonchev–Trinajstić information content (AvgIpc) is 3.25. The topological polar surface area (TPSA) is 108 Å². The van der Waals surface area contributed by atoms with Gasteiger partial charge < -0.3 is 24.2 Å². The van der Waals surface area contributed by atoms with E-state index in [4.69, 9.17) is 8.83 Å². The van der Waals surface area contributed by atoms with Crippen molar-refractivity contribution in [3.8, 4) is 11.5 Å². The van der Waals surface area contributed by atoms with Gasteiger partial charge in [-0.2, -0.15) is 0 Å². The van der Waals surface area contributed by atoms with E-state index >= 15 is 0 Å². The monoisotopic (exact) mass is 314 g/mol. The number of hydrogen-bond donors (Lipinski definition) is 3. The molecule has 3 heterocycles. The van der Waals surface area contributed by atoms with Gasteiger partial charge in [0, 0.05) is 0 Å². The quantitative estimate of drug-likeness (QED) is 0.664. The molecule has 1 atom stereocenters. The Balaban J connectivity index is 1.81. The minimum atomic E-state index is -0.721. The van der Waals surface area contributed by atoms with Crippen LogP contribution in [0.25, 0.3) is 11.5 Å². The molecular weight excluding hydrogens is 300 g/mol. The number of carbonyl (C=O) groups excluding carboxylic acids is 1. The van der Waals surface area contributed by atoms with E-state index in [-0.39, 0.29) is 12.2 Å². The van der Waals surface area contributed by atoms with Crippen molar-refractivity contribution in [1.29, 1.82) is 0 Å². The zero-order chi connectivity index (χ0) is 16.2. The molecule has 3 N–H and O–H groups in total. The Kier molecular flexibility index (Phi) is 4.11. The van der Waals surface area contributed by atoms with E-state index in [2.05, 4.69) is 10.3 Å². The van der Waals surface area contributed by atoms with E-state index in [9.17, 15) is 14.7 Å². The highest BCUT2D eigenvalue weighted by molar-refractivity contribution is 5.94. The lowest BCUT2D eigenvalue weighted by molar-refractivity contribution is 0.0906. The maximum Gasteiger partial charge on any atom is 0.261 e. The molecular formula is C16H14N2O5. The molecule has 0 spiro atoms. The van der Waals surface area contributed by atoms with Crippen LogP contribution in [0.4, 0.5) is 0 Å². The maximum atomic E-state index is 12.2. The number of aromatic nitrogens is 1. The summed E-state index contributed by atoms with van der Waals surface area (Å²) in [6.45, 7) is -0.346. The zero-order valence-electron chi connectivity index (χ0n) is 12.0. The summed E-state index contributed by atoms with van der Waals surface area (Å²) in [5.41, 5.74) is -0.140. The summed E-state index contributed by atoms with van der Waals surface area (Å²) in [6.07, 6.45) is 2.93. The van der Waals surface area contributed by atoms with E-state index in [1.807, 2.05) is 0 Å². The normalized spacial score (nSPS) is 12.0. The number of H-pyrrole nitrogens is 1. The van der Waals surface area contributed by atoms with Crippen molar-refractivity contribution < 1.29 is 18.7 Å². The van der Waals surface area contributed by atoms with Gasteiger partial charge in [0.25, 0.3) is 11.5 Å². The number of furan rings is 2. The molecule has 0 aliphatic rings. The number of pyridine rings is 1. The van der Waals surface area contributed by atoms with Crippen LogP contribution in [-0.4, -0.2) is 22.6 Å². The Morgan fingerprint density at radius 2 is 1.96 bits per heavy atom. The summed E-state index contributed by atoms with van der Waals surface area (Å²) in [7, 11) is 0. The van der Waals surface area contributed by atoms with Gasteiger partial charge in [-0.1, -0.05) is 0 Å². The number of nitrogens with one attached hydrogen (secondary N) is 2. The predicted octanol–water partition coefficient (Wildman–Crippen LogP) is 1.69. The Morgan fingerprint density at radius 3 is 2.57 bits per heavy atom. The molecule has 0 saturated heterocycles. The Labute approximate surface area is 130 Å². The molecule has 0 fully saturated rings. The van der Waals surface area contributed by atoms with Gasteiger partial charge in [0.2, 0.25) is 0 Å². The highest BCUT2D eigenvalue weighted by Gasteiger charge is 2.19. The number of rotatable bonds is 5. The Bertz CT molecular complexity index is 834. The summed E-state index contributed by atoms with van der Waals surface area (Å²) in [6, 6.07) is 8.94. The summed E-state index contributed by atoms with van der Waals surface area (Å²) >= 11 is 0. The van der Waals surface area contributed by atoms with Crippen LogP contribution in [0.2, 0.25) is 0 Å². The lowest BCUT2D eigenvalue weighted by Gasteiger charge is -2.13. The van der Waals surface area contributed by atoms with Crippen LogP contribution in [0.3, 0.4) is 0 Å². The van der Waals surface area contributed by atoms with Crippen molar-refractivity contribution in [2.24, 2.45) is 0 Å². The number of aliphatic hydroxyl groups is 1. The van der Waals surface area contributed by atoms with Crippen molar-refractivity contribution in [3.63, 3.8) is 0 Å². The third kappa shape index (κ3) is 3.09. The first-order valence-corrected chi connectivity index (χ1v) is 6.91. The van der Waals surface area contributed by atoms with Crippen LogP contribution < -0.4 is 10.9 Å². The second kappa shape index (κ2) is 6.37. The van der Waals surface area contributed by atoms with Crippen molar-refractivity contribution in [2.45, 2.75) is 6.04 Å². The van der Waals surface area contributed by atoms with Gasteiger partial charge in [-0.25, -0.2) is 0 Å². The third-order valence-electron chi connectivity index (χ3n) is 3.32. The van der Waals surface area contributed by atoms with Crippen LogP contribution in [0.15, 0.2) is 62.6 Å². The van der Waals surface area contributed by atoms with Gasteiger partial charge in [-0.3, -0.25) is 9.59 Å². The van der Waals surface area contributed by atoms with Crippen LogP contribution in [0.5, 0.6) is 0 Å². The molecule has 0 bridgehead atoms. The number of amides is 1. The molecule has 23 heavy (non-hydrogen) atoms. The van der Waals surface area contributed by atoms with Gasteiger partial charge in [-0.05, 0) is 36.4 Å². The zero-order valence-corrected chi connectivity index (χ0v) is 12.0. The molecule has 1 unspecified atom stereocenters. The fraction of sp³-hybridized carbons (Fsp3) is 0.125. The minimum Gasteiger partial charge on any atom is -0.467 e. The van der Waals surface area contributed by atoms with Crippen LogP contribution >= 0.6 is 0 Å². The molecule has 3 aromatic heterocycles. The Hall–Kier alpha value is -3.06. The maximum absolute atomic E-state index is 12.2. The third-order valence-corrected chi connectivity index (χ3v) is 3.32. The van der Waals surface area contributed by atoms with E-state index in [0.717, 1.165) is 0 Å². The van der Waals surface area contributed by atoms with Crippen molar-refractivity contribution in [2.75, 3.05) is 6.61 Å². The van der Waals surface area contributed by atoms with Gasteiger partial charge in [0.1, 0.15) is 23.1 Å². The fourth-order valence-corrected chi connectivity index (χ4v) is 2.16. The van der Waals surface area contributed by atoms with E-state index in [1.54, 1.807) is 30.3 Å². The number of hydrogen-bond acceptors (Lipinski definition) is 5. The van der Waals surface area contributed by atoms with Gasteiger partial charge in [0.15, 0.2) is 0 Å². The summed E-state index contributed by atoms with van der Waals surface area (Å²) in [4.78, 5) is 26.9. The highest BCUT2D eigenvalue weighted by atomic mass is 16.3. The molecule has 0 aliphatic carbocycles. The van der Waals surface area contributed by atoms with Crippen LogP contribution in [0, 0.1) is 0 Å². The molecule has 3 aromatic rings. The molecule has 0 saturated carbocycles. The molecule has 0 aromatic carbocycles. The molecule has 7 heteroatoms. The van der Waals surface area contributed by atoms with Crippen molar-refractivity contribution in [1.82, 2.24) is 10.3 Å². The first-order chi connectivity index (χ1) is 11.2. The van der Waals surface area contributed by atoms with Gasteiger partial charge in [-0.15, -0.1) is 0 Å². The number of carbonyl (C=O) groups is 1. The molecule has 118 valence electrons. The standard InChI is InChI=1S/C16H14N2O5/c19-9-12(14-4-2-8-23-14)18-16(21)10-5-6-11(17-15(10)20)13-3-1-7-22-13/h1-8,12,19H,9H2,(H,17,20)(H,18,21). The van der Waals surface area contributed by atoms with Crippen LogP contribution in [-0.2, 0) is 0 Å². The smallest absolute Gasteiger partial charge is 0.261 e. The first-order valence-electron chi connectivity index (χ1n) is 6.91. The average molecular weight is 314 g/mol. The fourth-order valence-electron chi connectivity index (χ4n) is 2.16. The van der Waals surface area contributed by atoms with Gasteiger partial charge >= 0.3 is 0 Å². The van der Waals surface area contributed by atoms with Crippen molar-refractivity contribution in [3.05, 3.63) is 70.6 Å². The van der Waals surface area contributed by atoms with Gasteiger partial charge in [0.05, 0.1) is 24.8 Å². The SMILES string of the molecule is O=C(NC(CO)c1ccco1)c1ccc(-c2ccco2)[nH]c1=O. The molecule has 0 radical (unpaired) electrons. The van der Waals surface area contributed by atoms with Crippen LogP contribution in [0.1, 0.15) is 22.2 Å². The largest absolute Gasteiger partial charge is 0.467 e. The molecule has 1 amide bonds. The van der Waals surface area contributed by atoms with E-state index in [0.29, 0.717) is 17.2 Å². The predicted molar refractivity (Wildman–Crippen MR) is 80.8 cm³/mol. The molecule has 0 aliphatic heterocycles. The minimum absolute atomic E-state index is 0.0645. The lowest BCUT2D eigenvalue weighted by atomic mass is 10.2. The second-order valence-corrected chi connectivity index (χ2v) is 4.82. The van der Waals surface area contributed by atoms with E-state index in [1.165, 1.54) is 18.6 Å². The molecule has 7 nitrogen and oxygen atoms in total. The lowest BCUT2D eigenvalue weighted by Crippen LogP contribution is -2.34. The first kappa shape index (κ1) is 14.9.